The summed E-state index contributed by atoms with van der Waals surface area (Å²) < 4.78 is 0. The Bertz CT molecular complexity index is 656. The Morgan fingerprint density at radius 1 is 1.30 bits per heavy atom. The number of phenolic OH excluding ortho intramolecular Hbond substituents is 1. The normalized spacial score (nSPS) is 40.4. The third-order valence-corrected chi connectivity index (χ3v) is 6.67. The summed E-state index contributed by atoms with van der Waals surface area (Å²) in [6.45, 7) is 2.26. The van der Waals surface area contributed by atoms with Crippen LogP contribution < -0.4 is 0 Å². The molecule has 0 radical (unpaired) electrons. The maximum absolute atomic E-state index is 10.5. The van der Waals surface area contributed by atoms with Gasteiger partial charge in [0.05, 0.1) is 11.8 Å². The second kappa shape index (κ2) is 5.23. The lowest BCUT2D eigenvalue weighted by Gasteiger charge is -2.48. The molecule has 0 amide bonds. The Morgan fingerprint density at radius 3 is 2.91 bits per heavy atom. The molecule has 2 N–H and O–H groups in total. The highest BCUT2D eigenvalue weighted by Crippen LogP contribution is 2.60. The molecular weight excluding hydrogens is 290 g/mol. The zero-order chi connectivity index (χ0) is 16.2. The van der Waals surface area contributed by atoms with E-state index < -0.39 is 6.10 Å². The molecule has 4 heteroatoms. The van der Waals surface area contributed by atoms with Gasteiger partial charge in [-0.2, -0.15) is 0 Å². The van der Waals surface area contributed by atoms with Crippen LogP contribution in [0.3, 0.4) is 0 Å². The van der Waals surface area contributed by atoms with Gasteiger partial charge in [0.15, 0.2) is 0 Å². The molecule has 0 aromatic heterocycles. The number of hydrogen-bond acceptors (Lipinski definition) is 4. The van der Waals surface area contributed by atoms with Gasteiger partial charge in [-0.15, -0.1) is 0 Å². The summed E-state index contributed by atoms with van der Waals surface area (Å²) in [7, 11) is 1.56. The summed E-state index contributed by atoms with van der Waals surface area (Å²) in [6, 6.07) is 5.86. The fraction of sp³-hybridized carbons (Fsp3) is 0.632. The van der Waals surface area contributed by atoms with Crippen LogP contribution in [-0.2, 0) is 11.3 Å². The second-order valence-electron chi connectivity index (χ2n) is 7.67. The van der Waals surface area contributed by atoms with Crippen LogP contribution in [0.15, 0.2) is 23.4 Å². The topological polar surface area (TPSA) is 62.0 Å². The molecule has 23 heavy (non-hydrogen) atoms. The predicted octanol–water partition coefficient (Wildman–Crippen LogP) is 3.22. The summed E-state index contributed by atoms with van der Waals surface area (Å²) in [4.78, 5) is 5.02. The van der Waals surface area contributed by atoms with Crippen molar-refractivity contribution in [1.82, 2.24) is 0 Å². The number of aliphatic hydroxyl groups excluding tert-OH is 1. The van der Waals surface area contributed by atoms with Gasteiger partial charge >= 0.3 is 0 Å². The number of hydrogen-bond donors (Lipinski definition) is 2. The third-order valence-electron chi connectivity index (χ3n) is 6.67. The van der Waals surface area contributed by atoms with Gasteiger partial charge in [0.2, 0.25) is 0 Å². The highest BCUT2D eigenvalue weighted by molar-refractivity contribution is 5.95. The van der Waals surface area contributed by atoms with Crippen molar-refractivity contribution in [3.8, 4) is 5.75 Å². The first-order chi connectivity index (χ1) is 11.0. The lowest BCUT2D eigenvalue weighted by molar-refractivity contribution is 0.0843. The predicted molar refractivity (Wildman–Crippen MR) is 88.6 cm³/mol. The van der Waals surface area contributed by atoms with Crippen LogP contribution in [0.1, 0.15) is 49.7 Å². The van der Waals surface area contributed by atoms with Crippen molar-refractivity contribution >= 4 is 5.71 Å². The quantitative estimate of drug-likeness (QED) is 0.782. The number of rotatable bonds is 1. The van der Waals surface area contributed by atoms with Gasteiger partial charge in [-0.25, -0.2) is 0 Å². The Hall–Kier alpha value is -1.55. The molecule has 1 aromatic carbocycles. The van der Waals surface area contributed by atoms with Gasteiger partial charge in [0.1, 0.15) is 12.9 Å². The van der Waals surface area contributed by atoms with Crippen LogP contribution in [0.4, 0.5) is 0 Å². The van der Waals surface area contributed by atoms with E-state index in [1.54, 1.807) is 7.11 Å². The summed E-state index contributed by atoms with van der Waals surface area (Å²) in [6.07, 6.45) is 4.64. The van der Waals surface area contributed by atoms with E-state index >= 15 is 0 Å². The maximum atomic E-state index is 10.5. The van der Waals surface area contributed by atoms with Crippen molar-refractivity contribution in [3.63, 3.8) is 0 Å². The molecule has 4 rings (SSSR count). The van der Waals surface area contributed by atoms with Crippen LogP contribution >= 0.6 is 0 Å². The Morgan fingerprint density at radius 2 is 2.13 bits per heavy atom. The summed E-state index contributed by atoms with van der Waals surface area (Å²) in [5, 5.41) is 24.4. The minimum atomic E-state index is -0.468. The van der Waals surface area contributed by atoms with Crippen LogP contribution in [0, 0.1) is 17.3 Å². The molecule has 0 aliphatic heterocycles. The molecule has 0 spiro atoms. The molecule has 0 saturated heterocycles. The average Bonchev–Trinajstić information content (AvgIpc) is 2.79. The molecule has 0 heterocycles. The molecule has 0 bridgehead atoms. The fourth-order valence-corrected chi connectivity index (χ4v) is 5.64. The Labute approximate surface area is 137 Å². The van der Waals surface area contributed by atoms with Crippen molar-refractivity contribution < 1.29 is 15.1 Å². The van der Waals surface area contributed by atoms with Gasteiger partial charge < -0.3 is 15.1 Å². The van der Waals surface area contributed by atoms with Crippen molar-refractivity contribution in [2.45, 2.75) is 51.0 Å². The number of fused-ring (bicyclic) bond motifs is 5. The molecule has 5 atom stereocenters. The standard InChI is InChI=1S/C19H25NO3/c1-19-8-7-14-13-6-4-12(21)9-11(13)3-5-15(14)16(19)10-17(22)18(19)20-23-2/h4,6,9,14-17,21-22H,3,5,7-8,10H2,1-2H3/b20-18+/t14-,15-,16+,17-,19+/m1/s1. The lowest BCUT2D eigenvalue weighted by Crippen LogP contribution is -2.43. The summed E-state index contributed by atoms with van der Waals surface area (Å²) in [5.41, 5.74) is 3.53. The average molecular weight is 315 g/mol. The van der Waals surface area contributed by atoms with E-state index in [1.807, 2.05) is 12.1 Å². The van der Waals surface area contributed by atoms with Gasteiger partial charge in [-0.05, 0) is 73.1 Å². The molecule has 124 valence electrons. The smallest absolute Gasteiger partial charge is 0.115 e. The molecule has 3 aliphatic carbocycles. The van der Waals surface area contributed by atoms with E-state index in [1.165, 1.54) is 11.1 Å². The first-order valence-electron chi connectivity index (χ1n) is 8.66. The molecule has 4 nitrogen and oxygen atoms in total. The van der Waals surface area contributed by atoms with Crippen LogP contribution in [0.2, 0.25) is 0 Å². The number of aryl methyl sites for hydroxylation is 1. The van der Waals surface area contributed by atoms with Crippen LogP contribution in [0.5, 0.6) is 5.75 Å². The minimum absolute atomic E-state index is 0.0367. The van der Waals surface area contributed by atoms with Crippen LogP contribution in [0.25, 0.3) is 0 Å². The number of aliphatic hydroxyl groups is 1. The first kappa shape index (κ1) is 15.0. The summed E-state index contributed by atoms with van der Waals surface area (Å²) in [5.74, 6) is 1.97. The number of nitrogens with zero attached hydrogens (tertiary/aromatic N) is 1. The van der Waals surface area contributed by atoms with Gasteiger partial charge in [0.25, 0.3) is 0 Å². The van der Waals surface area contributed by atoms with Crippen molar-refractivity contribution in [2.24, 2.45) is 22.4 Å². The number of phenols is 1. The van der Waals surface area contributed by atoms with Gasteiger partial charge in [-0.1, -0.05) is 18.1 Å². The SMILES string of the molecule is CO/N=C1\[C@H](O)C[C@H]2[C@@H]3CCc4cc(O)ccc4[C@H]3CC[C@]12C. The molecule has 2 fully saturated rings. The maximum Gasteiger partial charge on any atom is 0.115 e. The molecule has 2 saturated carbocycles. The highest BCUT2D eigenvalue weighted by Gasteiger charge is 2.57. The van der Waals surface area contributed by atoms with Gasteiger partial charge in [0, 0.05) is 5.41 Å². The second-order valence-corrected chi connectivity index (χ2v) is 7.67. The van der Waals surface area contributed by atoms with Crippen molar-refractivity contribution in [2.75, 3.05) is 7.11 Å². The van der Waals surface area contributed by atoms with E-state index in [0.717, 1.165) is 37.8 Å². The molecule has 0 unspecified atom stereocenters. The Balaban J connectivity index is 1.71. The van der Waals surface area contributed by atoms with Gasteiger partial charge in [-0.3, -0.25) is 0 Å². The largest absolute Gasteiger partial charge is 0.508 e. The van der Waals surface area contributed by atoms with E-state index in [-0.39, 0.29) is 5.41 Å². The molecular formula is C19H25NO3. The zero-order valence-corrected chi connectivity index (χ0v) is 13.8. The number of oxime groups is 1. The van der Waals surface area contributed by atoms with Crippen molar-refractivity contribution in [1.29, 1.82) is 0 Å². The third kappa shape index (κ3) is 2.11. The van der Waals surface area contributed by atoms with E-state index in [9.17, 15) is 10.2 Å². The van der Waals surface area contributed by atoms with E-state index in [2.05, 4.69) is 18.1 Å². The van der Waals surface area contributed by atoms with Crippen molar-refractivity contribution in [3.05, 3.63) is 29.3 Å². The lowest BCUT2D eigenvalue weighted by atomic mass is 9.55. The molecule has 3 aliphatic rings. The zero-order valence-electron chi connectivity index (χ0n) is 13.8. The minimum Gasteiger partial charge on any atom is -0.508 e. The fourth-order valence-electron chi connectivity index (χ4n) is 5.64. The summed E-state index contributed by atoms with van der Waals surface area (Å²) >= 11 is 0. The van der Waals surface area contributed by atoms with Crippen LogP contribution in [-0.4, -0.2) is 29.1 Å². The first-order valence-corrected chi connectivity index (χ1v) is 8.66. The monoisotopic (exact) mass is 315 g/mol. The van der Waals surface area contributed by atoms with E-state index in [0.29, 0.717) is 23.5 Å². The highest BCUT2D eigenvalue weighted by atomic mass is 16.6. The molecule has 1 aromatic rings. The Kier molecular flexibility index (Phi) is 3.41. The number of aromatic hydroxyl groups is 1. The number of benzene rings is 1. The van der Waals surface area contributed by atoms with E-state index in [4.69, 9.17) is 4.84 Å².